The number of aromatic nitrogens is 3. The van der Waals surface area contributed by atoms with Gasteiger partial charge in [-0.3, -0.25) is 4.98 Å². The first-order chi connectivity index (χ1) is 11.6. The zero-order valence-corrected chi connectivity index (χ0v) is 14.8. The van der Waals surface area contributed by atoms with Crippen molar-refractivity contribution in [1.82, 2.24) is 14.8 Å². The maximum Gasteiger partial charge on any atom is 0.433 e. The number of pyridine rings is 1. The number of alkyl halides is 3. The number of hydrogen-bond acceptors (Lipinski definition) is 3. The van der Waals surface area contributed by atoms with E-state index in [2.05, 4.69) is 14.5 Å². The summed E-state index contributed by atoms with van der Waals surface area (Å²) in [5.41, 5.74) is 1.47. The zero-order chi connectivity index (χ0) is 18.4. The van der Waals surface area contributed by atoms with Crippen LogP contribution >= 0.6 is 0 Å². The molecule has 0 radical (unpaired) electrons. The molecule has 2 aromatic rings. The third kappa shape index (κ3) is 3.65. The van der Waals surface area contributed by atoms with Gasteiger partial charge in [0.2, 0.25) is 0 Å². The van der Waals surface area contributed by atoms with Crippen molar-refractivity contribution in [2.75, 3.05) is 0 Å². The Morgan fingerprint density at radius 1 is 1.24 bits per heavy atom. The topological polar surface area (TPSA) is 60.1 Å². The van der Waals surface area contributed by atoms with Crippen LogP contribution in [0, 0.1) is 0 Å². The molecule has 25 heavy (non-hydrogen) atoms. The molecular weight excluding hydrogens is 353 g/mol. The van der Waals surface area contributed by atoms with Gasteiger partial charge in [0.1, 0.15) is 16.7 Å². The summed E-state index contributed by atoms with van der Waals surface area (Å²) in [6.07, 6.45) is -0.516. The van der Waals surface area contributed by atoms with Gasteiger partial charge in [0.25, 0.3) is 0 Å². The van der Waals surface area contributed by atoms with E-state index in [0.29, 0.717) is 18.6 Å². The highest BCUT2D eigenvalue weighted by Crippen LogP contribution is 2.29. The van der Waals surface area contributed by atoms with E-state index >= 15 is 0 Å². The van der Waals surface area contributed by atoms with Crippen LogP contribution in [0.5, 0.6) is 0 Å². The Morgan fingerprint density at radius 2 is 1.96 bits per heavy atom. The molecule has 3 rings (SSSR count). The second-order valence-electron chi connectivity index (χ2n) is 6.73. The van der Waals surface area contributed by atoms with Crippen LogP contribution in [0.1, 0.15) is 44.1 Å². The van der Waals surface area contributed by atoms with Crippen molar-refractivity contribution in [2.45, 2.75) is 44.5 Å². The lowest BCUT2D eigenvalue weighted by Crippen LogP contribution is -2.20. The predicted octanol–water partition coefficient (Wildman–Crippen LogP) is 3.48. The van der Waals surface area contributed by atoms with Gasteiger partial charge < -0.3 is 0 Å². The smallest absolute Gasteiger partial charge is 0.252 e. The molecule has 0 unspecified atom stereocenters. The minimum Gasteiger partial charge on any atom is -0.252 e. The fourth-order valence-corrected chi connectivity index (χ4v) is 3.05. The molecule has 2 heterocycles. The average Bonchev–Trinajstić information content (AvgIpc) is 3.07. The van der Waals surface area contributed by atoms with Crippen molar-refractivity contribution in [1.29, 1.82) is 0 Å². The Kier molecular flexibility index (Phi) is 4.30. The molecule has 0 bridgehead atoms. The molecule has 1 aliphatic carbocycles. The lowest BCUT2D eigenvalue weighted by molar-refractivity contribution is -0.141. The molecule has 0 N–H and O–H groups in total. The average molecular weight is 370 g/mol. The van der Waals surface area contributed by atoms with Crippen molar-refractivity contribution in [3.63, 3.8) is 0 Å². The van der Waals surface area contributed by atoms with Gasteiger partial charge in [0.05, 0.1) is 21.8 Å². The zero-order valence-electron chi connectivity index (χ0n) is 14.0. The molecule has 5 nitrogen and oxygen atoms in total. The van der Waals surface area contributed by atoms with Crippen LogP contribution in [-0.4, -0.2) is 29.4 Å². The molecule has 9 heteroatoms. The Morgan fingerprint density at radius 3 is 2.60 bits per heavy atom. The molecule has 134 valence electrons. The van der Waals surface area contributed by atoms with E-state index in [1.807, 2.05) is 20.8 Å². The van der Waals surface area contributed by atoms with E-state index in [1.165, 1.54) is 10.7 Å². The number of hydrogen-bond donors (Lipinski definition) is 0. The van der Waals surface area contributed by atoms with E-state index in [4.69, 9.17) is 0 Å². The summed E-state index contributed by atoms with van der Waals surface area (Å²) in [6, 6.07) is 2.41. The van der Waals surface area contributed by atoms with Gasteiger partial charge in [0.15, 0.2) is 0 Å². The van der Waals surface area contributed by atoms with Gasteiger partial charge in [-0.2, -0.15) is 22.7 Å². The first-order valence-electron chi connectivity index (χ1n) is 7.68. The first-order valence-corrected chi connectivity index (χ1v) is 8.78. The lowest BCUT2D eigenvalue weighted by Gasteiger charge is -2.13. The van der Waals surface area contributed by atoms with Crippen LogP contribution in [-0.2, 0) is 23.6 Å². The number of rotatable bonds is 2. The van der Waals surface area contributed by atoms with Crippen LogP contribution in [0.2, 0.25) is 0 Å². The summed E-state index contributed by atoms with van der Waals surface area (Å²) < 4.78 is 55.9. The molecule has 0 fully saturated rings. The predicted molar refractivity (Wildman–Crippen MR) is 89.1 cm³/mol. The molecule has 1 aliphatic rings. The van der Waals surface area contributed by atoms with Gasteiger partial charge in [-0.1, -0.05) is 0 Å². The van der Waals surface area contributed by atoms with Gasteiger partial charge in [-0.25, -0.2) is 8.89 Å². The largest absolute Gasteiger partial charge is 0.433 e. The second kappa shape index (κ2) is 6.05. The summed E-state index contributed by atoms with van der Waals surface area (Å²) in [6.45, 7) is 5.51. The number of aryl methyl sites for hydroxylation is 1. The first kappa shape index (κ1) is 17.8. The van der Waals surface area contributed by atoms with Gasteiger partial charge >= 0.3 is 6.18 Å². The maximum atomic E-state index is 12.8. The summed E-state index contributed by atoms with van der Waals surface area (Å²) in [5.74, 6) is 0. The standard InChI is InChI=1S/C16H17F3N4OS/c1-15(2,3)25(24)22-13-5-4-12-11(13)9-23(21-12)10-6-7-20-14(8-10)16(17,18)19/h6-9H,4-5H2,1-3H3/b22-13+/t25-/m1/s1. The monoisotopic (exact) mass is 370 g/mol. The number of fused-ring (bicyclic) bond motifs is 1. The molecular formula is C16H17F3N4OS. The highest BCUT2D eigenvalue weighted by atomic mass is 32.2. The van der Waals surface area contributed by atoms with Crippen LogP contribution < -0.4 is 0 Å². The lowest BCUT2D eigenvalue weighted by atomic mass is 10.2. The van der Waals surface area contributed by atoms with Crippen LogP contribution in [0.3, 0.4) is 0 Å². The van der Waals surface area contributed by atoms with E-state index < -0.39 is 27.6 Å². The van der Waals surface area contributed by atoms with Crippen LogP contribution in [0.4, 0.5) is 13.2 Å². The molecule has 0 saturated heterocycles. The quantitative estimate of drug-likeness (QED) is 0.813. The van der Waals surface area contributed by atoms with E-state index in [0.717, 1.165) is 23.5 Å². The van der Waals surface area contributed by atoms with Crippen molar-refractivity contribution in [3.05, 3.63) is 41.5 Å². The molecule has 0 aliphatic heterocycles. The highest BCUT2D eigenvalue weighted by molar-refractivity contribution is 7.85. The summed E-state index contributed by atoms with van der Waals surface area (Å²) in [7, 11) is -1.39. The second-order valence-corrected chi connectivity index (χ2v) is 8.64. The van der Waals surface area contributed by atoms with Gasteiger partial charge in [-0.15, -0.1) is 0 Å². The van der Waals surface area contributed by atoms with Gasteiger partial charge in [0, 0.05) is 18.0 Å². The van der Waals surface area contributed by atoms with Crippen molar-refractivity contribution in [3.8, 4) is 5.69 Å². The fraction of sp³-hybridized carbons (Fsp3) is 0.438. The molecule has 0 aromatic carbocycles. The van der Waals surface area contributed by atoms with E-state index in [9.17, 15) is 17.4 Å². The Labute approximate surface area is 145 Å². The normalized spacial score (nSPS) is 17.8. The van der Waals surface area contributed by atoms with Gasteiger partial charge in [-0.05, 0) is 45.7 Å². The third-order valence-corrected chi connectivity index (χ3v) is 5.15. The molecule has 1 atom stereocenters. The summed E-state index contributed by atoms with van der Waals surface area (Å²) in [5, 5.41) is 4.35. The van der Waals surface area contributed by atoms with Crippen molar-refractivity contribution < 1.29 is 17.4 Å². The third-order valence-electron chi connectivity index (χ3n) is 3.72. The van der Waals surface area contributed by atoms with Crippen LogP contribution in [0.25, 0.3) is 5.69 Å². The van der Waals surface area contributed by atoms with Crippen LogP contribution in [0.15, 0.2) is 28.9 Å². The minimum absolute atomic E-state index is 0.271. The molecule has 0 spiro atoms. The highest BCUT2D eigenvalue weighted by Gasteiger charge is 2.33. The molecule has 0 amide bonds. The minimum atomic E-state index is -4.51. The van der Waals surface area contributed by atoms with E-state index in [1.54, 1.807) is 6.20 Å². The summed E-state index contributed by atoms with van der Waals surface area (Å²) in [4.78, 5) is 3.35. The Bertz CT molecular complexity index is 865. The number of halogens is 3. The molecule has 0 saturated carbocycles. The Balaban J connectivity index is 1.96. The SMILES string of the molecule is CC(C)(C)[S@@](=O)/N=C1\CCc2nn(-c3ccnc(C(F)(F)F)c3)cc21. The number of nitrogens with zero attached hydrogens (tertiary/aromatic N) is 4. The maximum absolute atomic E-state index is 12.8. The van der Waals surface area contributed by atoms with Crippen molar-refractivity contribution >= 4 is 16.7 Å². The van der Waals surface area contributed by atoms with E-state index in [-0.39, 0.29) is 5.69 Å². The van der Waals surface area contributed by atoms with Crippen molar-refractivity contribution in [2.24, 2.45) is 4.40 Å². The Hall–Kier alpha value is -2.03. The fourth-order valence-electron chi connectivity index (χ4n) is 2.39. The molecule has 2 aromatic heterocycles. The summed E-state index contributed by atoms with van der Waals surface area (Å²) >= 11 is 0.